The monoisotopic (exact) mass is 546 g/mol. The first-order valence-corrected chi connectivity index (χ1v) is 16.3. The average molecular weight is 547 g/mol. The van der Waals surface area contributed by atoms with Gasteiger partial charge in [-0.3, -0.25) is 9.59 Å². The van der Waals surface area contributed by atoms with Crippen molar-refractivity contribution in [3.05, 3.63) is 18.2 Å². The fraction of sp³-hybridized carbons (Fsp3) is 0.765. The Bertz CT molecular complexity index is 745. The molecule has 0 unspecified atom stereocenters. The average Bonchev–Trinajstić information content (AvgIpc) is 2.93. The Balaban J connectivity index is 2.65. The van der Waals surface area contributed by atoms with E-state index in [0.29, 0.717) is 25.2 Å². The number of hydrogen-bond donors (Lipinski definition) is 0. The van der Waals surface area contributed by atoms with Crippen LogP contribution in [0.1, 0.15) is 162 Å². The Morgan fingerprint density at radius 2 is 0.923 bits per heavy atom. The number of unbranched alkanes of at least 4 members (excludes halogenated alkanes) is 17. The summed E-state index contributed by atoms with van der Waals surface area (Å²) in [6.07, 6.45) is 23.7. The van der Waals surface area contributed by atoms with Gasteiger partial charge in [-0.2, -0.15) is 0 Å². The first-order chi connectivity index (χ1) is 19.1. The number of para-hydroxylation sites is 1. The summed E-state index contributed by atoms with van der Waals surface area (Å²) in [4.78, 5) is 25.3. The van der Waals surface area contributed by atoms with Gasteiger partial charge in [-0.15, -0.1) is 0 Å². The van der Waals surface area contributed by atoms with Crippen LogP contribution in [-0.4, -0.2) is 18.5 Å². The summed E-state index contributed by atoms with van der Waals surface area (Å²) >= 11 is 0. The van der Waals surface area contributed by atoms with Crippen molar-refractivity contribution >= 4 is 11.9 Å². The lowest BCUT2D eigenvalue weighted by atomic mass is 10.1. The van der Waals surface area contributed by atoms with Crippen molar-refractivity contribution in [2.24, 2.45) is 0 Å². The topological polar surface area (TPSA) is 61.8 Å². The zero-order valence-corrected chi connectivity index (χ0v) is 25.5. The van der Waals surface area contributed by atoms with Gasteiger partial charge >= 0.3 is 11.9 Å². The summed E-state index contributed by atoms with van der Waals surface area (Å²) < 4.78 is 17.5. The molecule has 39 heavy (non-hydrogen) atoms. The quantitative estimate of drug-likeness (QED) is 0.0657. The van der Waals surface area contributed by atoms with Gasteiger partial charge in [0, 0.05) is 12.8 Å². The highest BCUT2D eigenvalue weighted by Crippen LogP contribution is 2.38. The highest BCUT2D eigenvalue weighted by molar-refractivity contribution is 5.77. The third-order valence-corrected chi connectivity index (χ3v) is 7.11. The summed E-state index contributed by atoms with van der Waals surface area (Å²) in [5.74, 6) is 0.389. The van der Waals surface area contributed by atoms with Crippen LogP contribution in [0.15, 0.2) is 18.2 Å². The maximum atomic E-state index is 12.7. The normalized spacial score (nSPS) is 10.9. The molecule has 0 aliphatic heterocycles. The van der Waals surface area contributed by atoms with Crippen molar-refractivity contribution in [3.63, 3.8) is 0 Å². The minimum atomic E-state index is -0.304. The molecule has 0 aromatic heterocycles. The highest BCUT2D eigenvalue weighted by atomic mass is 16.6. The minimum Gasteiger partial charge on any atom is -0.490 e. The third-order valence-electron chi connectivity index (χ3n) is 7.11. The maximum absolute atomic E-state index is 12.7. The predicted octanol–water partition coefficient (Wildman–Crippen LogP) is 10.5. The molecule has 0 saturated carbocycles. The van der Waals surface area contributed by atoms with Crippen LogP contribution in [0.5, 0.6) is 17.2 Å². The molecule has 5 nitrogen and oxygen atoms in total. The van der Waals surface area contributed by atoms with Crippen LogP contribution in [0.4, 0.5) is 0 Å². The lowest BCUT2D eigenvalue weighted by Gasteiger charge is -2.15. The molecule has 1 aromatic carbocycles. The van der Waals surface area contributed by atoms with Crippen molar-refractivity contribution in [2.45, 2.75) is 162 Å². The van der Waals surface area contributed by atoms with Crippen molar-refractivity contribution in [1.29, 1.82) is 0 Å². The number of carbonyl (C=O) groups excluding carboxylic acids is 2. The zero-order valence-electron chi connectivity index (χ0n) is 25.5. The third kappa shape index (κ3) is 18.8. The molecular formula is C34H58O5. The van der Waals surface area contributed by atoms with Gasteiger partial charge in [0.15, 0.2) is 11.5 Å². The van der Waals surface area contributed by atoms with Gasteiger partial charge < -0.3 is 14.2 Å². The molecule has 0 N–H and O–H groups in total. The van der Waals surface area contributed by atoms with Crippen LogP contribution in [0.3, 0.4) is 0 Å². The van der Waals surface area contributed by atoms with Crippen LogP contribution in [-0.2, 0) is 9.59 Å². The van der Waals surface area contributed by atoms with Gasteiger partial charge in [0.1, 0.15) is 0 Å². The van der Waals surface area contributed by atoms with Crippen LogP contribution >= 0.6 is 0 Å². The number of benzene rings is 1. The molecule has 1 aromatic rings. The Kier molecular flexibility index (Phi) is 22.4. The van der Waals surface area contributed by atoms with Gasteiger partial charge in [0.05, 0.1) is 6.61 Å². The van der Waals surface area contributed by atoms with E-state index in [4.69, 9.17) is 14.2 Å². The van der Waals surface area contributed by atoms with Crippen molar-refractivity contribution in [2.75, 3.05) is 6.61 Å². The largest absolute Gasteiger partial charge is 0.490 e. The summed E-state index contributed by atoms with van der Waals surface area (Å²) in [5, 5.41) is 0. The lowest BCUT2D eigenvalue weighted by molar-refractivity contribution is -0.137. The fourth-order valence-corrected chi connectivity index (χ4v) is 4.65. The molecule has 0 bridgehead atoms. The summed E-state index contributed by atoms with van der Waals surface area (Å²) in [7, 11) is 0. The second kappa shape index (κ2) is 25.0. The molecular weight excluding hydrogens is 488 g/mol. The predicted molar refractivity (Wildman–Crippen MR) is 162 cm³/mol. The smallest absolute Gasteiger partial charge is 0.311 e. The second-order valence-electron chi connectivity index (χ2n) is 10.9. The number of rotatable bonds is 26. The Labute approximate surface area is 239 Å². The van der Waals surface area contributed by atoms with E-state index >= 15 is 0 Å². The number of ether oxygens (including phenoxy) is 3. The molecule has 0 aliphatic carbocycles. The summed E-state index contributed by atoms with van der Waals surface area (Å²) in [5.41, 5.74) is 0. The van der Waals surface area contributed by atoms with Crippen LogP contribution in [0, 0.1) is 0 Å². The molecule has 224 valence electrons. The van der Waals surface area contributed by atoms with Crippen LogP contribution in [0.25, 0.3) is 0 Å². The van der Waals surface area contributed by atoms with Crippen molar-refractivity contribution in [3.8, 4) is 17.2 Å². The van der Waals surface area contributed by atoms with E-state index in [0.717, 1.165) is 51.4 Å². The molecule has 0 atom stereocenters. The van der Waals surface area contributed by atoms with E-state index in [2.05, 4.69) is 20.8 Å². The highest BCUT2D eigenvalue weighted by Gasteiger charge is 2.19. The number of carbonyl (C=O) groups is 2. The molecule has 5 heteroatoms. The summed E-state index contributed by atoms with van der Waals surface area (Å²) in [6.45, 7) is 7.18. The maximum Gasteiger partial charge on any atom is 0.311 e. The Morgan fingerprint density at radius 3 is 1.44 bits per heavy atom. The Hall–Kier alpha value is -2.04. The van der Waals surface area contributed by atoms with Gasteiger partial charge in [0.2, 0.25) is 5.75 Å². The van der Waals surface area contributed by atoms with Crippen molar-refractivity contribution < 1.29 is 23.8 Å². The van der Waals surface area contributed by atoms with E-state index in [1.807, 2.05) is 0 Å². The SMILES string of the molecule is CCCCCCCCCCOc1cccc(OC(=O)CCCCCCCC)c1OC(=O)CCCCCCCC. The lowest BCUT2D eigenvalue weighted by Crippen LogP contribution is -2.13. The molecule has 0 radical (unpaired) electrons. The molecule has 0 spiro atoms. The van der Waals surface area contributed by atoms with Gasteiger partial charge in [-0.1, -0.05) is 136 Å². The van der Waals surface area contributed by atoms with Crippen LogP contribution < -0.4 is 14.2 Å². The molecule has 0 fully saturated rings. The molecule has 0 heterocycles. The van der Waals surface area contributed by atoms with Crippen LogP contribution in [0.2, 0.25) is 0 Å². The van der Waals surface area contributed by atoms with E-state index in [9.17, 15) is 9.59 Å². The van der Waals surface area contributed by atoms with Gasteiger partial charge in [-0.05, 0) is 31.4 Å². The number of esters is 2. The van der Waals surface area contributed by atoms with Crippen molar-refractivity contribution in [1.82, 2.24) is 0 Å². The van der Waals surface area contributed by atoms with E-state index in [-0.39, 0.29) is 23.4 Å². The number of hydrogen-bond acceptors (Lipinski definition) is 5. The minimum absolute atomic E-state index is 0.240. The zero-order chi connectivity index (χ0) is 28.4. The van der Waals surface area contributed by atoms with Gasteiger partial charge in [0.25, 0.3) is 0 Å². The summed E-state index contributed by atoms with van der Waals surface area (Å²) in [6, 6.07) is 5.28. The standard InChI is InChI=1S/C34H58O5/c1-4-7-10-13-16-17-20-23-29-37-30-25-24-26-31(38-32(35)27-21-18-14-11-8-5-2)34(30)39-33(36)28-22-19-15-12-9-6-3/h24-26H,4-23,27-29H2,1-3H3. The van der Waals surface area contributed by atoms with Gasteiger partial charge in [-0.25, -0.2) is 0 Å². The fourth-order valence-electron chi connectivity index (χ4n) is 4.65. The first kappa shape index (κ1) is 35.0. The van der Waals surface area contributed by atoms with E-state index in [1.54, 1.807) is 18.2 Å². The Morgan fingerprint density at radius 1 is 0.513 bits per heavy atom. The van der Waals surface area contributed by atoms with E-state index in [1.165, 1.54) is 77.0 Å². The molecule has 0 aliphatic rings. The molecule has 0 saturated heterocycles. The second-order valence-corrected chi connectivity index (χ2v) is 10.9. The first-order valence-electron chi connectivity index (χ1n) is 16.3. The molecule has 0 amide bonds. The van der Waals surface area contributed by atoms with E-state index < -0.39 is 0 Å². The molecule has 1 rings (SSSR count).